The molecule has 0 aromatic heterocycles. The molecule has 4 rings (SSSR count). The Labute approximate surface area is 216 Å². The first-order chi connectivity index (χ1) is 17.9. The van der Waals surface area contributed by atoms with Crippen molar-refractivity contribution >= 4 is 29.4 Å². The smallest absolute Gasteiger partial charge is 0.343 e. The number of amides is 1. The number of hydrogen-bond acceptors (Lipinski definition) is 6. The van der Waals surface area contributed by atoms with Gasteiger partial charge in [-0.15, -0.1) is 0 Å². The lowest BCUT2D eigenvalue weighted by molar-refractivity contribution is -0.137. The van der Waals surface area contributed by atoms with E-state index in [9.17, 15) is 14.4 Å². The number of allylic oxidation sites excluding steroid dienone is 2. The lowest BCUT2D eigenvalue weighted by Crippen LogP contribution is -2.31. The first-order valence-corrected chi connectivity index (χ1v) is 11.9. The molecule has 0 aliphatic carbocycles. The summed E-state index contributed by atoms with van der Waals surface area (Å²) >= 11 is 0. The highest BCUT2D eigenvalue weighted by Gasteiger charge is 2.38. The molecule has 0 unspecified atom stereocenters. The van der Waals surface area contributed by atoms with Crippen LogP contribution in [0.25, 0.3) is 6.08 Å². The van der Waals surface area contributed by atoms with Crippen molar-refractivity contribution in [1.29, 1.82) is 0 Å². The molecule has 188 valence electrons. The summed E-state index contributed by atoms with van der Waals surface area (Å²) < 4.78 is 10.5. The Hall–Kier alpha value is -4.65. The van der Waals surface area contributed by atoms with Crippen molar-refractivity contribution in [3.63, 3.8) is 0 Å². The molecule has 0 spiro atoms. The van der Waals surface area contributed by atoms with Crippen molar-refractivity contribution in [2.45, 2.75) is 19.9 Å². The van der Waals surface area contributed by atoms with E-state index < -0.39 is 11.8 Å². The highest BCUT2D eigenvalue weighted by atomic mass is 16.5. The average molecular weight is 497 g/mol. The highest BCUT2D eigenvalue weighted by Crippen LogP contribution is 2.35. The molecule has 1 N–H and O–H groups in total. The number of rotatable bonds is 8. The van der Waals surface area contributed by atoms with E-state index in [-0.39, 0.29) is 24.1 Å². The van der Waals surface area contributed by atoms with E-state index in [0.29, 0.717) is 17.1 Å². The standard InChI is InChI=1S/C30H28N2O5/c1-20(23-10-6-4-7-11-23)31-27(33)19-37-25-16-14-22(15-17-25)18-26-29(34)28(30(35)36-3)21(2)32(26)24-12-8-5-9-13-24/h4-18,20H,19H2,1-3H3,(H,31,33)/b26-18-/t20-/m1/s1. The van der Waals surface area contributed by atoms with E-state index in [0.717, 1.165) is 16.8 Å². The Kier molecular flexibility index (Phi) is 7.83. The monoisotopic (exact) mass is 496 g/mol. The molecule has 7 nitrogen and oxygen atoms in total. The topological polar surface area (TPSA) is 84.9 Å². The molecule has 7 heteroatoms. The molecule has 3 aromatic carbocycles. The van der Waals surface area contributed by atoms with Crippen LogP contribution in [0.1, 0.15) is 31.0 Å². The van der Waals surface area contributed by atoms with Crippen LogP contribution in [0.3, 0.4) is 0 Å². The molecule has 3 aromatic rings. The van der Waals surface area contributed by atoms with Gasteiger partial charge in [0.1, 0.15) is 11.3 Å². The second-order valence-electron chi connectivity index (χ2n) is 8.54. The molecule has 1 heterocycles. The second-order valence-corrected chi connectivity index (χ2v) is 8.54. The van der Waals surface area contributed by atoms with Gasteiger partial charge in [0, 0.05) is 11.4 Å². The third-order valence-electron chi connectivity index (χ3n) is 6.03. The third-order valence-corrected chi connectivity index (χ3v) is 6.03. The molecule has 0 bridgehead atoms. The number of hydrogen-bond donors (Lipinski definition) is 1. The maximum absolute atomic E-state index is 13.2. The molecule has 0 saturated heterocycles. The van der Waals surface area contributed by atoms with E-state index >= 15 is 0 Å². The Morgan fingerprint density at radius 1 is 0.946 bits per heavy atom. The predicted octanol–water partition coefficient (Wildman–Crippen LogP) is 4.82. The number of methoxy groups -OCH3 is 1. The number of nitrogens with zero attached hydrogens (tertiary/aromatic N) is 1. The van der Waals surface area contributed by atoms with Gasteiger partial charge in [-0.1, -0.05) is 60.7 Å². The van der Waals surface area contributed by atoms with Crippen molar-refractivity contribution in [3.8, 4) is 5.75 Å². The second kappa shape index (κ2) is 11.4. The fourth-order valence-electron chi connectivity index (χ4n) is 4.14. The van der Waals surface area contributed by atoms with Crippen molar-refractivity contribution in [2.24, 2.45) is 0 Å². The van der Waals surface area contributed by atoms with Gasteiger partial charge in [0.2, 0.25) is 5.78 Å². The van der Waals surface area contributed by atoms with Gasteiger partial charge in [0.05, 0.1) is 18.8 Å². The summed E-state index contributed by atoms with van der Waals surface area (Å²) in [6, 6.07) is 25.9. The highest BCUT2D eigenvalue weighted by molar-refractivity contribution is 6.30. The van der Waals surface area contributed by atoms with Crippen molar-refractivity contribution in [3.05, 3.63) is 113 Å². The van der Waals surface area contributed by atoms with Gasteiger partial charge in [0.25, 0.3) is 5.91 Å². The van der Waals surface area contributed by atoms with Gasteiger partial charge >= 0.3 is 5.97 Å². The number of benzene rings is 3. The minimum atomic E-state index is -0.671. The molecule has 37 heavy (non-hydrogen) atoms. The fraction of sp³-hybridized carbons (Fsp3) is 0.167. The third kappa shape index (κ3) is 5.78. The average Bonchev–Trinajstić information content (AvgIpc) is 3.17. The van der Waals surface area contributed by atoms with Crippen LogP contribution in [0, 0.1) is 0 Å². The van der Waals surface area contributed by atoms with Gasteiger partial charge in [-0.25, -0.2) is 4.79 Å². The van der Waals surface area contributed by atoms with Gasteiger partial charge in [-0.3, -0.25) is 9.59 Å². The number of ketones is 1. The van der Waals surface area contributed by atoms with E-state index in [1.807, 2.05) is 67.6 Å². The Bertz CT molecular complexity index is 1350. The molecule has 0 saturated carbocycles. The molecule has 1 aliphatic rings. The number of ether oxygens (including phenoxy) is 2. The minimum absolute atomic E-state index is 0.00769. The molecule has 1 aliphatic heterocycles. The zero-order valence-corrected chi connectivity index (χ0v) is 20.9. The number of anilines is 1. The van der Waals surface area contributed by atoms with Crippen LogP contribution in [0.5, 0.6) is 5.75 Å². The quantitative estimate of drug-likeness (QED) is 0.273. The normalized spacial score (nSPS) is 15.1. The summed E-state index contributed by atoms with van der Waals surface area (Å²) in [5, 5.41) is 2.91. The van der Waals surface area contributed by atoms with Gasteiger partial charge < -0.3 is 19.7 Å². The van der Waals surface area contributed by atoms with Crippen molar-refractivity contribution < 1.29 is 23.9 Å². The predicted molar refractivity (Wildman–Crippen MR) is 142 cm³/mol. The lowest BCUT2D eigenvalue weighted by atomic mass is 10.1. The van der Waals surface area contributed by atoms with Crippen LogP contribution < -0.4 is 15.0 Å². The maximum Gasteiger partial charge on any atom is 0.343 e. The van der Waals surface area contributed by atoms with E-state index in [1.165, 1.54) is 7.11 Å². The Morgan fingerprint density at radius 2 is 1.57 bits per heavy atom. The van der Waals surface area contributed by atoms with E-state index in [4.69, 9.17) is 9.47 Å². The summed E-state index contributed by atoms with van der Waals surface area (Å²) in [6.45, 7) is 3.52. The van der Waals surface area contributed by atoms with Crippen LogP contribution in [0.4, 0.5) is 5.69 Å². The minimum Gasteiger partial charge on any atom is -0.484 e. The SMILES string of the molecule is COC(=O)C1=C(C)N(c2ccccc2)/C(=C\c2ccc(OCC(=O)N[C@H](C)c3ccccc3)cc2)C1=O. The van der Waals surface area contributed by atoms with E-state index in [1.54, 1.807) is 42.2 Å². The van der Waals surface area contributed by atoms with Crippen LogP contribution >= 0.6 is 0 Å². The zero-order valence-electron chi connectivity index (χ0n) is 20.9. The number of nitrogens with one attached hydrogen (secondary N) is 1. The van der Waals surface area contributed by atoms with Gasteiger partial charge in [-0.2, -0.15) is 0 Å². The maximum atomic E-state index is 13.2. The number of Topliss-reactive ketones (excluding diaryl/α,β-unsaturated/α-hetero) is 1. The van der Waals surface area contributed by atoms with Gasteiger partial charge in [0.15, 0.2) is 6.61 Å². The molecule has 1 atom stereocenters. The van der Waals surface area contributed by atoms with Crippen LogP contribution in [0.2, 0.25) is 0 Å². The number of carbonyl (C=O) groups excluding carboxylic acids is 3. The summed E-state index contributed by atoms with van der Waals surface area (Å²) in [5.41, 5.74) is 3.36. The molecule has 0 fully saturated rings. The number of carbonyl (C=O) groups is 3. The fourth-order valence-corrected chi connectivity index (χ4v) is 4.14. The number of esters is 1. The van der Waals surface area contributed by atoms with Crippen molar-refractivity contribution in [2.75, 3.05) is 18.6 Å². The van der Waals surface area contributed by atoms with Crippen LogP contribution in [0.15, 0.2) is 102 Å². The van der Waals surface area contributed by atoms with Crippen LogP contribution in [-0.2, 0) is 19.1 Å². The van der Waals surface area contributed by atoms with Crippen LogP contribution in [-0.4, -0.2) is 31.4 Å². The molecular weight excluding hydrogens is 468 g/mol. The lowest BCUT2D eigenvalue weighted by Gasteiger charge is -2.21. The molecule has 1 amide bonds. The Balaban J connectivity index is 1.47. The zero-order chi connectivity index (χ0) is 26.4. The van der Waals surface area contributed by atoms with Crippen molar-refractivity contribution in [1.82, 2.24) is 5.32 Å². The summed E-state index contributed by atoms with van der Waals surface area (Å²) in [4.78, 5) is 39.6. The van der Waals surface area contributed by atoms with E-state index in [2.05, 4.69) is 5.32 Å². The number of para-hydroxylation sites is 1. The summed E-state index contributed by atoms with van der Waals surface area (Å²) in [5.74, 6) is -0.783. The van der Waals surface area contributed by atoms with Gasteiger partial charge in [-0.05, 0) is 55.3 Å². The first-order valence-electron chi connectivity index (χ1n) is 11.9. The first kappa shape index (κ1) is 25.4. The molecule has 0 radical (unpaired) electrons. The molecular formula is C30H28N2O5. The Morgan fingerprint density at radius 3 is 2.19 bits per heavy atom. The largest absolute Gasteiger partial charge is 0.484 e. The summed E-state index contributed by atoms with van der Waals surface area (Å²) in [7, 11) is 1.26. The summed E-state index contributed by atoms with van der Waals surface area (Å²) in [6.07, 6.45) is 1.72.